The summed E-state index contributed by atoms with van der Waals surface area (Å²) in [7, 11) is 0.739. The number of hydrogen-bond donors (Lipinski definition) is 2. The molecule has 0 unspecified atom stereocenters. The summed E-state index contributed by atoms with van der Waals surface area (Å²) in [6, 6.07) is 10.0. The summed E-state index contributed by atoms with van der Waals surface area (Å²) in [5, 5.41) is 3.22. The van der Waals surface area contributed by atoms with Crippen LogP contribution in [-0.2, 0) is 16.6 Å². The van der Waals surface area contributed by atoms with Crippen molar-refractivity contribution >= 4 is 40.0 Å². The Kier molecular flexibility index (Phi) is 10.4. The Labute approximate surface area is 150 Å². The molecule has 2 N–H and O–H groups in total. The molecule has 0 aliphatic heterocycles. The molecule has 0 aliphatic carbocycles. The quantitative estimate of drug-likeness (QED) is 0.290. The van der Waals surface area contributed by atoms with Crippen LogP contribution in [0.5, 0.6) is 0 Å². The van der Waals surface area contributed by atoms with Gasteiger partial charge in [0.2, 0.25) is 10.0 Å². The van der Waals surface area contributed by atoms with E-state index in [1.54, 1.807) is 0 Å². The van der Waals surface area contributed by atoms with Gasteiger partial charge in [0, 0.05) is 27.2 Å². The molecule has 0 aromatic heterocycles. The molecule has 126 valence electrons. The monoisotopic (exact) mass is 440 g/mol. The van der Waals surface area contributed by atoms with Crippen LogP contribution < -0.4 is 10.0 Å². The minimum absolute atomic E-state index is 0. The fraction of sp³-hybridized carbons (Fsp3) is 0.500. The highest BCUT2D eigenvalue weighted by molar-refractivity contribution is 14.0. The van der Waals surface area contributed by atoms with Gasteiger partial charge in [0.15, 0.2) is 5.96 Å². The van der Waals surface area contributed by atoms with Gasteiger partial charge in [0.05, 0.1) is 12.8 Å². The largest absolute Gasteiger partial charge is 0.356 e. The Morgan fingerprint density at radius 2 is 1.82 bits per heavy atom. The van der Waals surface area contributed by atoms with Gasteiger partial charge in [0.1, 0.15) is 0 Å². The molecule has 0 bridgehead atoms. The number of sulfonamides is 1. The fourth-order valence-electron chi connectivity index (χ4n) is 1.65. The lowest BCUT2D eigenvalue weighted by atomic mass is 10.2. The molecule has 6 nitrogen and oxygen atoms in total. The maximum absolute atomic E-state index is 10.9. The van der Waals surface area contributed by atoms with Crippen LogP contribution in [0.15, 0.2) is 35.3 Å². The van der Waals surface area contributed by atoms with Crippen molar-refractivity contribution < 1.29 is 8.42 Å². The number of hydrogen-bond acceptors (Lipinski definition) is 3. The molecule has 0 radical (unpaired) electrons. The van der Waals surface area contributed by atoms with Crippen LogP contribution in [0.4, 0.5) is 0 Å². The SMILES string of the molecule is CN(C)C(=NCc1ccccc1)NCCCNS(C)(=O)=O.I. The van der Waals surface area contributed by atoms with Crippen molar-refractivity contribution in [2.75, 3.05) is 33.4 Å². The predicted molar refractivity (Wildman–Crippen MR) is 102 cm³/mol. The second kappa shape index (κ2) is 10.8. The maximum Gasteiger partial charge on any atom is 0.208 e. The van der Waals surface area contributed by atoms with Crippen molar-refractivity contribution in [2.24, 2.45) is 4.99 Å². The molecule has 1 aromatic carbocycles. The topological polar surface area (TPSA) is 73.8 Å². The molecule has 22 heavy (non-hydrogen) atoms. The molecule has 0 aliphatic rings. The molecule has 8 heteroatoms. The standard InChI is InChI=1S/C14H24N4O2S.HI/c1-18(2)14(15-10-7-11-17-21(3,19)20)16-12-13-8-5-4-6-9-13;/h4-6,8-9,17H,7,10-12H2,1-3H3,(H,15,16);1H. The predicted octanol–water partition coefficient (Wildman–Crippen LogP) is 1.25. The lowest BCUT2D eigenvalue weighted by molar-refractivity contribution is 0.568. The van der Waals surface area contributed by atoms with Gasteiger partial charge in [-0.3, -0.25) is 0 Å². The summed E-state index contributed by atoms with van der Waals surface area (Å²) >= 11 is 0. The van der Waals surface area contributed by atoms with Crippen LogP contribution in [0.3, 0.4) is 0 Å². The second-order valence-electron chi connectivity index (χ2n) is 4.97. The summed E-state index contributed by atoms with van der Waals surface area (Å²) in [6.07, 6.45) is 1.86. The summed E-state index contributed by atoms with van der Waals surface area (Å²) in [4.78, 5) is 6.44. The molecule has 1 rings (SSSR count). The highest BCUT2D eigenvalue weighted by Crippen LogP contribution is 2.00. The summed E-state index contributed by atoms with van der Waals surface area (Å²) < 4.78 is 24.3. The van der Waals surface area contributed by atoms with Gasteiger partial charge in [-0.15, -0.1) is 24.0 Å². The number of nitrogens with zero attached hydrogens (tertiary/aromatic N) is 2. The van der Waals surface area contributed by atoms with E-state index in [0.29, 0.717) is 26.1 Å². The number of halogens is 1. The Morgan fingerprint density at radius 1 is 1.18 bits per heavy atom. The molecular formula is C14H25IN4O2S. The molecule has 0 fully saturated rings. The number of rotatable bonds is 7. The van der Waals surface area contributed by atoms with Gasteiger partial charge in [-0.2, -0.15) is 0 Å². The summed E-state index contributed by atoms with van der Waals surface area (Å²) in [6.45, 7) is 1.70. The van der Waals surface area contributed by atoms with Gasteiger partial charge in [-0.25, -0.2) is 18.1 Å². The Hall–Kier alpha value is -0.870. The van der Waals surface area contributed by atoms with E-state index in [-0.39, 0.29) is 24.0 Å². The normalized spacial score (nSPS) is 11.7. The van der Waals surface area contributed by atoms with Crippen LogP contribution >= 0.6 is 24.0 Å². The molecule has 0 atom stereocenters. The van der Waals surface area contributed by atoms with Crippen LogP contribution in [0.25, 0.3) is 0 Å². The highest BCUT2D eigenvalue weighted by Gasteiger charge is 2.02. The highest BCUT2D eigenvalue weighted by atomic mass is 127. The van der Waals surface area contributed by atoms with E-state index in [4.69, 9.17) is 0 Å². The molecule has 0 saturated heterocycles. The van der Waals surface area contributed by atoms with E-state index in [0.717, 1.165) is 17.8 Å². The zero-order valence-corrected chi connectivity index (χ0v) is 16.4. The second-order valence-corrected chi connectivity index (χ2v) is 6.80. The third kappa shape index (κ3) is 9.96. The van der Waals surface area contributed by atoms with E-state index >= 15 is 0 Å². The smallest absolute Gasteiger partial charge is 0.208 e. The molecule has 0 saturated carbocycles. The lowest BCUT2D eigenvalue weighted by Crippen LogP contribution is -2.38. The third-order valence-corrected chi connectivity index (χ3v) is 3.41. The van der Waals surface area contributed by atoms with E-state index in [2.05, 4.69) is 15.0 Å². The summed E-state index contributed by atoms with van der Waals surface area (Å²) in [5.41, 5.74) is 1.15. The van der Waals surface area contributed by atoms with Crippen molar-refractivity contribution in [2.45, 2.75) is 13.0 Å². The lowest BCUT2D eigenvalue weighted by Gasteiger charge is -2.17. The fourth-order valence-corrected chi connectivity index (χ4v) is 2.17. The zero-order valence-electron chi connectivity index (χ0n) is 13.2. The number of nitrogens with one attached hydrogen (secondary N) is 2. The average Bonchev–Trinajstić information content (AvgIpc) is 2.41. The Morgan fingerprint density at radius 3 is 2.36 bits per heavy atom. The molecule has 0 heterocycles. The number of aliphatic imine (C=N–C) groups is 1. The van der Waals surface area contributed by atoms with E-state index in [1.807, 2.05) is 49.3 Å². The Balaban J connectivity index is 0.00000441. The van der Waals surface area contributed by atoms with Gasteiger partial charge in [-0.1, -0.05) is 30.3 Å². The molecule has 0 spiro atoms. The first-order valence-electron chi connectivity index (χ1n) is 6.82. The van der Waals surface area contributed by atoms with Crippen molar-refractivity contribution in [3.05, 3.63) is 35.9 Å². The summed E-state index contributed by atoms with van der Waals surface area (Å²) in [5.74, 6) is 0.790. The number of guanidine groups is 1. The molecular weight excluding hydrogens is 415 g/mol. The van der Waals surface area contributed by atoms with Gasteiger partial charge in [0.25, 0.3) is 0 Å². The molecule has 0 amide bonds. The van der Waals surface area contributed by atoms with E-state index in [9.17, 15) is 8.42 Å². The van der Waals surface area contributed by atoms with Crippen LogP contribution in [-0.4, -0.2) is 52.7 Å². The Bertz CT molecular complexity index is 547. The van der Waals surface area contributed by atoms with Gasteiger partial charge in [-0.05, 0) is 12.0 Å². The van der Waals surface area contributed by atoms with Crippen LogP contribution in [0, 0.1) is 0 Å². The van der Waals surface area contributed by atoms with Crippen molar-refractivity contribution in [1.82, 2.24) is 14.9 Å². The molecule has 1 aromatic rings. The first kappa shape index (κ1) is 21.1. The van der Waals surface area contributed by atoms with Crippen LogP contribution in [0.1, 0.15) is 12.0 Å². The third-order valence-electron chi connectivity index (χ3n) is 2.68. The van der Waals surface area contributed by atoms with Crippen LogP contribution in [0.2, 0.25) is 0 Å². The first-order valence-corrected chi connectivity index (χ1v) is 8.72. The minimum Gasteiger partial charge on any atom is -0.356 e. The average molecular weight is 440 g/mol. The van der Waals surface area contributed by atoms with Crippen molar-refractivity contribution in [3.63, 3.8) is 0 Å². The van der Waals surface area contributed by atoms with E-state index in [1.165, 1.54) is 0 Å². The van der Waals surface area contributed by atoms with Crippen molar-refractivity contribution in [1.29, 1.82) is 0 Å². The van der Waals surface area contributed by atoms with Gasteiger partial charge < -0.3 is 10.2 Å². The van der Waals surface area contributed by atoms with Gasteiger partial charge >= 0.3 is 0 Å². The van der Waals surface area contributed by atoms with E-state index < -0.39 is 10.0 Å². The van der Waals surface area contributed by atoms with Crippen molar-refractivity contribution in [3.8, 4) is 0 Å². The number of benzene rings is 1. The maximum atomic E-state index is 10.9. The zero-order chi connectivity index (χ0) is 15.7. The minimum atomic E-state index is -3.11. The first-order chi connectivity index (χ1) is 9.88.